The van der Waals surface area contributed by atoms with Crippen LogP contribution < -0.4 is 5.73 Å². The fourth-order valence-corrected chi connectivity index (χ4v) is 2.21. The second-order valence-electron chi connectivity index (χ2n) is 3.45. The van der Waals surface area contributed by atoms with Crippen molar-refractivity contribution in [2.24, 2.45) is 0 Å². The fourth-order valence-electron chi connectivity index (χ4n) is 1.49. The number of nitrogen functional groups attached to an aromatic ring is 1. The Morgan fingerprint density at radius 1 is 1.50 bits per heavy atom. The number of aromatic nitrogens is 1. The van der Waals surface area contributed by atoms with Crippen LogP contribution in [-0.4, -0.2) is 10.1 Å². The van der Waals surface area contributed by atoms with Gasteiger partial charge in [0.15, 0.2) is 5.13 Å². The minimum absolute atomic E-state index is 0.110. The molecule has 2 aromatic rings. The van der Waals surface area contributed by atoms with Gasteiger partial charge in [-0.15, -0.1) is 0 Å². The Morgan fingerprint density at radius 3 is 2.88 bits per heavy atom. The van der Waals surface area contributed by atoms with E-state index in [0.717, 1.165) is 5.56 Å². The topological polar surface area (TPSA) is 59.1 Å². The summed E-state index contributed by atoms with van der Waals surface area (Å²) in [5, 5.41) is 9.56. The maximum absolute atomic E-state index is 13.1. The molecule has 0 unspecified atom stereocenters. The van der Waals surface area contributed by atoms with E-state index in [2.05, 4.69) is 4.98 Å². The maximum atomic E-state index is 13.1. The molecular weight excluding hydrogens is 227 g/mol. The van der Waals surface area contributed by atoms with Crippen molar-refractivity contribution >= 4 is 16.5 Å². The lowest BCUT2D eigenvalue weighted by Gasteiger charge is -2.02. The summed E-state index contributed by atoms with van der Waals surface area (Å²) in [5.74, 6) is -0.252. The van der Waals surface area contributed by atoms with E-state index in [0.29, 0.717) is 21.3 Å². The van der Waals surface area contributed by atoms with E-state index in [1.807, 2.05) is 0 Å². The molecule has 16 heavy (non-hydrogen) atoms. The first-order valence-corrected chi connectivity index (χ1v) is 5.56. The Labute approximate surface area is 96.4 Å². The van der Waals surface area contributed by atoms with E-state index >= 15 is 0 Å². The molecular formula is C11H11FN2OS. The van der Waals surface area contributed by atoms with Crippen molar-refractivity contribution in [2.75, 3.05) is 5.73 Å². The summed E-state index contributed by atoms with van der Waals surface area (Å²) >= 11 is 1.24. The van der Waals surface area contributed by atoms with Crippen LogP contribution in [0.3, 0.4) is 0 Å². The van der Waals surface area contributed by atoms with Gasteiger partial charge in [-0.3, -0.25) is 0 Å². The van der Waals surface area contributed by atoms with Gasteiger partial charge in [0.2, 0.25) is 0 Å². The predicted molar refractivity (Wildman–Crippen MR) is 62.6 cm³/mol. The van der Waals surface area contributed by atoms with Crippen LogP contribution in [0, 0.1) is 12.7 Å². The normalized spacial score (nSPS) is 10.7. The molecule has 0 atom stereocenters. The molecule has 5 heteroatoms. The number of rotatable bonds is 2. The lowest BCUT2D eigenvalue weighted by Crippen LogP contribution is -1.89. The van der Waals surface area contributed by atoms with Gasteiger partial charge in [-0.2, -0.15) is 0 Å². The van der Waals surface area contributed by atoms with Crippen molar-refractivity contribution in [2.45, 2.75) is 13.5 Å². The minimum atomic E-state index is -0.252. The molecule has 0 saturated heterocycles. The average Bonchev–Trinajstić information content (AvgIpc) is 2.63. The number of aliphatic hydroxyl groups excluding tert-OH is 1. The predicted octanol–water partition coefficient (Wildman–Crippen LogP) is 2.33. The zero-order valence-electron chi connectivity index (χ0n) is 8.70. The van der Waals surface area contributed by atoms with E-state index in [9.17, 15) is 4.39 Å². The molecule has 0 aliphatic rings. The Kier molecular flexibility index (Phi) is 2.89. The van der Waals surface area contributed by atoms with E-state index in [1.54, 1.807) is 19.1 Å². The van der Waals surface area contributed by atoms with Gasteiger partial charge < -0.3 is 10.8 Å². The smallest absolute Gasteiger partial charge is 0.180 e. The van der Waals surface area contributed by atoms with Crippen LogP contribution in [0.4, 0.5) is 9.52 Å². The first-order valence-electron chi connectivity index (χ1n) is 4.74. The van der Waals surface area contributed by atoms with Gasteiger partial charge >= 0.3 is 0 Å². The lowest BCUT2D eigenvalue weighted by atomic mass is 10.1. The molecule has 3 nitrogen and oxygen atoms in total. The molecule has 2 rings (SSSR count). The summed E-state index contributed by atoms with van der Waals surface area (Å²) in [4.78, 5) is 4.83. The minimum Gasteiger partial charge on any atom is -0.391 e. The van der Waals surface area contributed by atoms with Gasteiger partial charge in [0.25, 0.3) is 0 Å². The van der Waals surface area contributed by atoms with Crippen LogP contribution in [0.1, 0.15) is 10.4 Å². The van der Waals surface area contributed by atoms with E-state index in [4.69, 9.17) is 10.8 Å². The van der Waals surface area contributed by atoms with Gasteiger partial charge in [0.1, 0.15) is 5.82 Å². The molecule has 0 aliphatic heterocycles. The Bertz CT molecular complexity index is 525. The molecule has 1 aromatic heterocycles. The van der Waals surface area contributed by atoms with Crippen LogP contribution in [0.2, 0.25) is 0 Å². The van der Waals surface area contributed by atoms with Crippen molar-refractivity contribution in [3.8, 4) is 11.3 Å². The highest BCUT2D eigenvalue weighted by atomic mass is 32.1. The monoisotopic (exact) mass is 238 g/mol. The second kappa shape index (κ2) is 4.19. The van der Waals surface area contributed by atoms with Crippen LogP contribution >= 0.6 is 11.3 Å². The van der Waals surface area contributed by atoms with Crippen LogP contribution in [-0.2, 0) is 6.61 Å². The molecule has 0 amide bonds. The van der Waals surface area contributed by atoms with Crippen LogP contribution in [0.5, 0.6) is 0 Å². The number of aryl methyl sites for hydroxylation is 1. The Balaban J connectivity index is 2.53. The number of hydrogen-bond acceptors (Lipinski definition) is 4. The first kappa shape index (κ1) is 11.0. The summed E-state index contributed by atoms with van der Waals surface area (Å²) in [6.45, 7) is 1.58. The van der Waals surface area contributed by atoms with Crippen molar-refractivity contribution in [3.63, 3.8) is 0 Å². The third kappa shape index (κ3) is 1.91. The average molecular weight is 238 g/mol. The number of thiazole rings is 1. The third-order valence-corrected chi connectivity index (χ3v) is 3.16. The van der Waals surface area contributed by atoms with Gasteiger partial charge in [0.05, 0.1) is 17.2 Å². The van der Waals surface area contributed by atoms with E-state index < -0.39 is 0 Å². The molecule has 0 bridgehead atoms. The van der Waals surface area contributed by atoms with Gasteiger partial charge in [-0.05, 0) is 30.7 Å². The number of aliphatic hydroxyl groups is 1. The second-order valence-corrected chi connectivity index (χ2v) is 4.56. The number of anilines is 1. The van der Waals surface area contributed by atoms with Crippen molar-refractivity contribution in [1.82, 2.24) is 4.98 Å². The summed E-state index contributed by atoms with van der Waals surface area (Å²) in [5.41, 5.74) is 7.54. The number of hydrogen-bond donors (Lipinski definition) is 2. The Hall–Kier alpha value is -1.46. The standard InChI is InChI=1S/C11H11FN2OS/c1-6-4-7(2-3-8(6)12)10-9(5-15)16-11(13)14-10/h2-4,15H,5H2,1H3,(H2,13,14). The molecule has 1 aromatic carbocycles. The Morgan fingerprint density at radius 2 is 2.25 bits per heavy atom. The lowest BCUT2D eigenvalue weighted by molar-refractivity contribution is 0.286. The third-order valence-electron chi connectivity index (χ3n) is 2.29. The molecule has 1 heterocycles. The number of halogens is 1. The first-order chi connectivity index (χ1) is 7.61. The molecule has 0 fully saturated rings. The summed E-state index contributed by atoms with van der Waals surface area (Å²) in [6.07, 6.45) is 0. The summed E-state index contributed by atoms with van der Waals surface area (Å²) < 4.78 is 13.1. The maximum Gasteiger partial charge on any atom is 0.180 e. The highest BCUT2D eigenvalue weighted by Crippen LogP contribution is 2.30. The van der Waals surface area contributed by atoms with Crippen LogP contribution in [0.15, 0.2) is 18.2 Å². The van der Waals surface area contributed by atoms with Gasteiger partial charge in [-0.25, -0.2) is 9.37 Å². The SMILES string of the molecule is Cc1cc(-c2nc(N)sc2CO)ccc1F. The molecule has 0 saturated carbocycles. The zero-order valence-corrected chi connectivity index (χ0v) is 9.51. The number of nitrogens with two attached hydrogens (primary N) is 1. The van der Waals surface area contributed by atoms with Crippen molar-refractivity contribution in [1.29, 1.82) is 0 Å². The molecule has 0 spiro atoms. The summed E-state index contributed by atoms with van der Waals surface area (Å²) in [6, 6.07) is 4.72. The highest BCUT2D eigenvalue weighted by Gasteiger charge is 2.11. The van der Waals surface area contributed by atoms with Gasteiger partial charge in [0, 0.05) is 5.56 Å². The highest BCUT2D eigenvalue weighted by molar-refractivity contribution is 7.15. The molecule has 3 N–H and O–H groups in total. The molecule has 0 aliphatic carbocycles. The molecule has 0 radical (unpaired) electrons. The number of benzene rings is 1. The molecule has 84 valence electrons. The van der Waals surface area contributed by atoms with E-state index in [-0.39, 0.29) is 12.4 Å². The van der Waals surface area contributed by atoms with Crippen molar-refractivity contribution < 1.29 is 9.50 Å². The largest absolute Gasteiger partial charge is 0.391 e. The zero-order chi connectivity index (χ0) is 11.7. The summed E-state index contributed by atoms with van der Waals surface area (Å²) in [7, 11) is 0. The van der Waals surface area contributed by atoms with Crippen molar-refractivity contribution in [3.05, 3.63) is 34.5 Å². The quantitative estimate of drug-likeness (QED) is 0.844. The van der Waals surface area contributed by atoms with E-state index in [1.165, 1.54) is 17.4 Å². The van der Waals surface area contributed by atoms with Crippen LogP contribution in [0.25, 0.3) is 11.3 Å². The number of nitrogens with zero attached hydrogens (tertiary/aromatic N) is 1. The fraction of sp³-hybridized carbons (Fsp3) is 0.182. The van der Waals surface area contributed by atoms with Gasteiger partial charge in [-0.1, -0.05) is 11.3 Å².